The molecule has 1 aliphatic rings. The molecule has 0 bridgehead atoms. The van der Waals surface area contributed by atoms with Crippen LogP contribution in [0.1, 0.15) is 32.6 Å². The summed E-state index contributed by atoms with van der Waals surface area (Å²) < 4.78 is 28.5. The Morgan fingerprint density at radius 1 is 1.27 bits per heavy atom. The molecule has 2 aromatic rings. The van der Waals surface area contributed by atoms with Gasteiger partial charge in [0.15, 0.2) is 0 Å². The van der Waals surface area contributed by atoms with E-state index < -0.39 is 27.6 Å². The van der Waals surface area contributed by atoms with E-state index in [4.69, 9.17) is 0 Å². The monoisotopic (exact) mass is 450 g/mol. The Hall–Kier alpha value is -1.61. The standard InChI is InChI=1S/C22H30N2O4S2/c1-16-6-5-12-22(16,26)15-23-21(25)20(11-13-29-2)24-30(27,28)19-10-9-17-7-3-4-8-18(17)14-19/h3-4,7-10,14,16,20,24,26H,5-6,11-13,15H2,1-2H3,(H,23,25). The number of nitrogens with one attached hydrogen (secondary N) is 2. The van der Waals surface area contributed by atoms with Gasteiger partial charge >= 0.3 is 0 Å². The molecule has 0 aliphatic heterocycles. The fraction of sp³-hybridized carbons (Fsp3) is 0.500. The smallest absolute Gasteiger partial charge is 0.241 e. The lowest BCUT2D eigenvalue weighted by atomic mass is 9.92. The number of fused-ring (bicyclic) bond motifs is 1. The predicted molar refractivity (Wildman–Crippen MR) is 122 cm³/mol. The number of carbonyl (C=O) groups excluding carboxylic acids is 1. The van der Waals surface area contributed by atoms with Gasteiger partial charge in [0, 0.05) is 6.54 Å². The topological polar surface area (TPSA) is 95.5 Å². The van der Waals surface area contributed by atoms with Crippen LogP contribution in [0, 0.1) is 5.92 Å². The number of thioether (sulfide) groups is 1. The average molecular weight is 451 g/mol. The second kappa shape index (κ2) is 9.68. The largest absolute Gasteiger partial charge is 0.388 e. The Balaban J connectivity index is 1.74. The fourth-order valence-electron chi connectivity index (χ4n) is 3.92. The van der Waals surface area contributed by atoms with Crippen LogP contribution in [0.25, 0.3) is 10.8 Å². The van der Waals surface area contributed by atoms with Crippen LogP contribution in [0.4, 0.5) is 0 Å². The molecule has 0 heterocycles. The highest BCUT2D eigenvalue weighted by Crippen LogP contribution is 2.34. The van der Waals surface area contributed by atoms with Crippen LogP contribution in [0.5, 0.6) is 0 Å². The lowest BCUT2D eigenvalue weighted by molar-refractivity contribution is -0.124. The van der Waals surface area contributed by atoms with Gasteiger partial charge < -0.3 is 10.4 Å². The summed E-state index contributed by atoms with van der Waals surface area (Å²) in [6.07, 6.45) is 4.78. The highest BCUT2D eigenvalue weighted by molar-refractivity contribution is 7.98. The van der Waals surface area contributed by atoms with Crippen molar-refractivity contribution in [3.63, 3.8) is 0 Å². The van der Waals surface area contributed by atoms with Crippen molar-refractivity contribution in [2.24, 2.45) is 5.92 Å². The predicted octanol–water partition coefficient (Wildman–Crippen LogP) is 2.91. The summed E-state index contributed by atoms with van der Waals surface area (Å²) in [5.74, 6) is 0.344. The van der Waals surface area contributed by atoms with Crippen molar-refractivity contribution in [2.75, 3.05) is 18.6 Å². The van der Waals surface area contributed by atoms with E-state index in [1.165, 1.54) is 0 Å². The Bertz CT molecular complexity index is 996. The van der Waals surface area contributed by atoms with Gasteiger partial charge in [-0.3, -0.25) is 4.79 Å². The van der Waals surface area contributed by atoms with E-state index in [1.54, 1.807) is 30.0 Å². The Labute approximate surface area is 182 Å². The SMILES string of the molecule is CSCCC(NS(=O)(=O)c1ccc2ccccc2c1)C(=O)NCC1(O)CCCC1C. The first kappa shape index (κ1) is 23.1. The maximum Gasteiger partial charge on any atom is 0.241 e. The molecule has 0 spiro atoms. The van der Waals surface area contributed by atoms with Gasteiger partial charge in [0.25, 0.3) is 0 Å². The lowest BCUT2D eigenvalue weighted by Crippen LogP contribution is -2.51. The minimum Gasteiger partial charge on any atom is -0.388 e. The third kappa shape index (κ3) is 5.35. The molecule has 1 aliphatic carbocycles. The quantitative estimate of drug-likeness (QED) is 0.546. The number of hydrogen-bond donors (Lipinski definition) is 3. The number of rotatable bonds is 9. The molecule has 3 N–H and O–H groups in total. The summed E-state index contributed by atoms with van der Waals surface area (Å²) >= 11 is 1.55. The molecule has 2 aromatic carbocycles. The average Bonchev–Trinajstić information content (AvgIpc) is 3.07. The van der Waals surface area contributed by atoms with Gasteiger partial charge in [-0.1, -0.05) is 43.7 Å². The van der Waals surface area contributed by atoms with Crippen LogP contribution < -0.4 is 10.0 Å². The highest BCUT2D eigenvalue weighted by atomic mass is 32.2. The van der Waals surface area contributed by atoms with Crippen LogP contribution in [-0.2, 0) is 14.8 Å². The van der Waals surface area contributed by atoms with E-state index in [9.17, 15) is 18.3 Å². The third-order valence-corrected chi connectivity index (χ3v) is 8.10. The van der Waals surface area contributed by atoms with Gasteiger partial charge in [0.2, 0.25) is 15.9 Å². The number of carbonyl (C=O) groups is 1. The van der Waals surface area contributed by atoms with Crippen molar-refractivity contribution in [2.45, 2.75) is 49.1 Å². The summed E-state index contributed by atoms with van der Waals surface area (Å²) in [5.41, 5.74) is -0.920. The highest BCUT2D eigenvalue weighted by Gasteiger charge is 2.39. The van der Waals surface area contributed by atoms with Gasteiger partial charge in [-0.2, -0.15) is 16.5 Å². The molecule has 3 atom stereocenters. The van der Waals surface area contributed by atoms with E-state index >= 15 is 0 Å². The number of sulfonamides is 1. The zero-order valence-electron chi connectivity index (χ0n) is 17.4. The van der Waals surface area contributed by atoms with E-state index in [2.05, 4.69) is 10.0 Å². The molecule has 164 valence electrons. The zero-order chi connectivity index (χ0) is 21.8. The van der Waals surface area contributed by atoms with Crippen molar-refractivity contribution in [1.29, 1.82) is 0 Å². The fourth-order valence-corrected chi connectivity index (χ4v) is 5.66. The van der Waals surface area contributed by atoms with E-state index in [0.717, 1.165) is 23.6 Å². The second-order valence-electron chi connectivity index (χ2n) is 8.08. The first-order valence-electron chi connectivity index (χ1n) is 10.3. The van der Waals surface area contributed by atoms with Crippen LogP contribution in [0.15, 0.2) is 47.4 Å². The first-order chi connectivity index (χ1) is 14.2. The first-order valence-corrected chi connectivity index (χ1v) is 13.1. The molecule has 1 saturated carbocycles. The Morgan fingerprint density at radius 2 is 2.00 bits per heavy atom. The van der Waals surface area contributed by atoms with Crippen LogP contribution >= 0.6 is 11.8 Å². The molecule has 30 heavy (non-hydrogen) atoms. The van der Waals surface area contributed by atoms with Gasteiger partial charge in [-0.05, 0) is 60.1 Å². The van der Waals surface area contributed by atoms with Gasteiger partial charge in [-0.15, -0.1) is 0 Å². The van der Waals surface area contributed by atoms with E-state index in [-0.39, 0.29) is 17.4 Å². The lowest BCUT2D eigenvalue weighted by Gasteiger charge is -2.29. The summed E-state index contributed by atoms with van der Waals surface area (Å²) in [6.45, 7) is 2.12. The molecule has 0 radical (unpaired) electrons. The molecule has 8 heteroatoms. The van der Waals surface area contributed by atoms with Gasteiger partial charge in [0.05, 0.1) is 10.5 Å². The van der Waals surface area contributed by atoms with Crippen LogP contribution in [-0.4, -0.2) is 49.6 Å². The van der Waals surface area contributed by atoms with Crippen LogP contribution in [0.3, 0.4) is 0 Å². The second-order valence-corrected chi connectivity index (χ2v) is 10.8. The minimum absolute atomic E-state index is 0.108. The Morgan fingerprint density at radius 3 is 2.67 bits per heavy atom. The normalized spacial score (nSPS) is 22.8. The molecule has 1 fully saturated rings. The molecule has 1 amide bonds. The maximum absolute atomic E-state index is 13.0. The third-order valence-electron chi connectivity index (χ3n) is 5.99. The number of aliphatic hydroxyl groups is 1. The summed E-state index contributed by atoms with van der Waals surface area (Å²) in [4.78, 5) is 12.9. The summed E-state index contributed by atoms with van der Waals surface area (Å²) in [5, 5.41) is 15.3. The van der Waals surface area contributed by atoms with Crippen molar-refractivity contribution >= 4 is 38.5 Å². The van der Waals surface area contributed by atoms with Crippen molar-refractivity contribution in [3.8, 4) is 0 Å². The molecule has 6 nitrogen and oxygen atoms in total. The maximum atomic E-state index is 13.0. The summed E-state index contributed by atoms with van der Waals surface area (Å²) in [7, 11) is -3.87. The molecule has 0 saturated heterocycles. The van der Waals surface area contributed by atoms with Gasteiger partial charge in [0.1, 0.15) is 6.04 Å². The molecular weight excluding hydrogens is 420 g/mol. The van der Waals surface area contributed by atoms with Crippen LogP contribution in [0.2, 0.25) is 0 Å². The number of hydrogen-bond acceptors (Lipinski definition) is 5. The van der Waals surface area contributed by atoms with Gasteiger partial charge in [-0.25, -0.2) is 8.42 Å². The Kier molecular flexibility index (Phi) is 7.44. The zero-order valence-corrected chi connectivity index (χ0v) is 19.1. The molecule has 3 rings (SSSR count). The van der Waals surface area contributed by atoms with E-state index in [0.29, 0.717) is 18.6 Å². The summed E-state index contributed by atoms with van der Waals surface area (Å²) in [6, 6.07) is 11.6. The minimum atomic E-state index is -3.87. The number of benzene rings is 2. The van der Waals surface area contributed by atoms with Crippen molar-refractivity contribution in [1.82, 2.24) is 10.0 Å². The van der Waals surface area contributed by atoms with Crippen molar-refractivity contribution < 1.29 is 18.3 Å². The number of amides is 1. The molecule has 0 aromatic heterocycles. The van der Waals surface area contributed by atoms with Crippen molar-refractivity contribution in [3.05, 3.63) is 42.5 Å². The molecular formula is C22H30N2O4S2. The molecule has 3 unspecified atom stereocenters. The van der Waals surface area contributed by atoms with E-state index in [1.807, 2.05) is 37.4 Å².